The normalized spacial score (nSPS) is 9.20. The van der Waals surface area contributed by atoms with Crippen molar-refractivity contribution in [2.75, 3.05) is 5.88 Å². The predicted molar refractivity (Wildman–Crippen MR) is 60.6 cm³/mol. The van der Waals surface area contributed by atoms with Crippen molar-refractivity contribution in [3.05, 3.63) is 34.3 Å². The predicted octanol–water partition coefficient (Wildman–Crippen LogP) is 3.02. The van der Waals surface area contributed by atoms with Crippen molar-refractivity contribution in [1.29, 1.82) is 0 Å². The molecule has 15 heavy (non-hydrogen) atoms. The second-order valence-electron chi connectivity index (χ2n) is 2.74. The minimum absolute atomic E-state index is 0.176. The molecule has 1 aromatic rings. The first-order chi connectivity index (χ1) is 7.15. The number of hydrogen-bond donors (Lipinski definition) is 1. The maximum Gasteiger partial charge on any atom is 0.335 e. The van der Waals surface area contributed by atoms with Crippen LogP contribution in [0.4, 0.5) is 0 Å². The van der Waals surface area contributed by atoms with E-state index in [-0.39, 0.29) is 5.56 Å². The van der Waals surface area contributed by atoms with E-state index in [0.29, 0.717) is 22.9 Å². The molecule has 0 atom stereocenters. The van der Waals surface area contributed by atoms with E-state index < -0.39 is 5.97 Å². The third-order valence-corrected chi connectivity index (χ3v) is 2.17. The average molecular weight is 243 g/mol. The van der Waals surface area contributed by atoms with Crippen molar-refractivity contribution >= 4 is 29.2 Å². The van der Waals surface area contributed by atoms with Crippen LogP contribution in [0.15, 0.2) is 18.2 Å². The fraction of sp³-hybridized carbons (Fsp3) is 0.182. The highest BCUT2D eigenvalue weighted by Crippen LogP contribution is 2.16. The SMILES string of the molecule is O=C(O)c1ccc(Cl)c(C#CCCCl)c1. The third kappa shape index (κ3) is 3.47. The van der Waals surface area contributed by atoms with Crippen molar-refractivity contribution in [2.24, 2.45) is 0 Å². The zero-order valence-corrected chi connectivity index (χ0v) is 9.27. The zero-order chi connectivity index (χ0) is 11.3. The number of aromatic carboxylic acids is 1. The van der Waals surface area contributed by atoms with Gasteiger partial charge in [-0.25, -0.2) is 4.79 Å². The number of carbonyl (C=O) groups is 1. The molecule has 2 nitrogen and oxygen atoms in total. The second kappa shape index (κ2) is 5.65. The molecule has 0 unspecified atom stereocenters. The molecule has 0 aliphatic heterocycles. The van der Waals surface area contributed by atoms with E-state index in [4.69, 9.17) is 28.3 Å². The van der Waals surface area contributed by atoms with Gasteiger partial charge in [-0.3, -0.25) is 0 Å². The maximum atomic E-state index is 10.7. The Bertz CT molecular complexity index is 430. The Morgan fingerprint density at radius 3 is 2.80 bits per heavy atom. The Hall–Kier alpha value is -1.17. The summed E-state index contributed by atoms with van der Waals surface area (Å²) in [7, 11) is 0. The van der Waals surface area contributed by atoms with Gasteiger partial charge >= 0.3 is 5.97 Å². The summed E-state index contributed by atoms with van der Waals surface area (Å²) in [6.07, 6.45) is 0.551. The summed E-state index contributed by atoms with van der Waals surface area (Å²) in [5, 5.41) is 9.21. The smallest absolute Gasteiger partial charge is 0.335 e. The maximum absolute atomic E-state index is 10.7. The molecule has 4 heteroatoms. The van der Waals surface area contributed by atoms with Gasteiger partial charge in [-0.1, -0.05) is 23.4 Å². The summed E-state index contributed by atoms with van der Waals surface area (Å²) >= 11 is 11.3. The molecular formula is C11H8Cl2O2. The van der Waals surface area contributed by atoms with E-state index in [2.05, 4.69) is 11.8 Å². The molecule has 0 saturated carbocycles. The van der Waals surface area contributed by atoms with Gasteiger partial charge in [0.15, 0.2) is 0 Å². The Morgan fingerprint density at radius 1 is 1.47 bits per heavy atom. The van der Waals surface area contributed by atoms with Gasteiger partial charge in [-0.15, -0.1) is 11.6 Å². The van der Waals surface area contributed by atoms with Crippen molar-refractivity contribution in [2.45, 2.75) is 6.42 Å². The summed E-state index contributed by atoms with van der Waals surface area (Å²) in [6.45, 7) is 0. The van der Waals surface area contributed by atoms with E-state index >= 15 is 0 Å². The van der Waals surface area contributed by atoms with Gasteiger partial charge in [-0.05, 0) is 18.2 Å². The van der Waals surface area contributed by atoms with Gasteiger partial charge in [0, 0.05) is 17.9 Å². The molecular weight excluding hydrogens is 235 g/mol. The molecule has 1 aromatic carbocycles. The molecule has 1 N–H and O–H groups in total. The number of halogens is 2. The van der Waals surface area contributed by atoms with E-state index in [9.17, 15) is 4.79 Å². The van der Waals surface area contributed by atoms with Crippen LogP contribution >= 0.6 is 23.2 Å². The summed E-state index contributed by atoms with van der Waals surface area (Å²) in [5.41, 5.74) is 0.691. The highest BCUT2D eigenvalue weighted by Gasteiger charge is 2.05. The first-order valence-corrected chi connectivity index (χ1v) is 5.14. The topological polar surface area (TPSA) is 37.3 Å². The van der Waals surface area contributed by atoms with Crippen LogP contribution in [0, 0.1) is 11.8 Å². The van der Waals surface area contributed by atoms with Crippen LogP contribution in [0.3, 0.4) is 0 Å². The molecule has 0 amide bonds. The minimum Gasteiger partial charge on any atom is -0.478 e. The molecule has 0 fully saturated rings. The first kappa shape index (κ1) is 11.9. The average Bonchev–Trinajstić information content (AvgIpc) is 2.20. The van der Waals surface area contributed by atoms with Crippen molar-refractivity contribution < 1.29 is 9.90 Å². The summed E-state index contributed by atoms with van der Waals surface area (Å²) < 4.78 is 0. The van der Waals surface area contributed by atoms with Crippen LogP contribution in [-0.4, -0.2) is 17.0 Å². The fourth-order valence-corrected chi connectivity index (χ4v) is 1.22. The van der Waals surface area contributed by atoms with E-state index in [1.807, 2.05) is 0 Å². The summed E-state index contributed by atoms with van der Waals surface area (Å²) in [4.78, 5) is 10.7. The molecule has 0 saturated heterocycles. The van der Waals surface area contributed by atoms with Gasteiger partial charge in [0.05, 0.1) is 10.6 Å². The van der Waals surface area contributed by atoms with Crippen LogP contribution in [0.2, 0.25) is 5.02 Å². The van der Waals surface area contributed by atoms with Gasteiger partial charge in [0.1, 0.15) is 0 Å². The lowest BCUT2D eigenvalue weighted by Gasteiger charge is -1.98. The van der Waals surface area contributed by atoms with Crippen LogP contribution in [0.25, 0.3) is 0 Å². The van der Waals surface area contributed by atoms with Gasteiger partial charge in [-0.2, -0.15) is 0 Å². The third-order valence-electron chi connectivity index (χ3n) is 1.66. The molecule has 1 rings (SSSR count). The van der Waals surface area contributed by atoms with Crippen molar-refractivity contribution in [3.8, 4) is 11.8 Å². The Labute approximate surface area is 97.8 Å². The first-order valence-electron chi connectivity index (χ1n) is 4.23. The fourth-order valence-electron chi connectivity index (χ4n) is 0.959. The largest absolute Gasteiger partial charge is 0.478 e. The van der Waals surface area contributed by atoms with Crippen LogP contribution in [0.5, 0.6) is 0 Å². The lowest BCUT2D eigenvalue weighted by Crippen LogP contribution is -1.96. The standard InChI is InChI=1S/C11H8Cl2O2/c12-6-2-1-3-8-7-9(11(14)15)4-5-10(8)13/h4-5,7H,2,6H2,(H,14,15). The quantitative estimate of drug-likeness (QED) is 0.640. The lowest BCUT2D eigenvalue weighted by atomic mass is 10.1. The number of rotatable bonds is 2. The molecule has 0 heterocycles. The minimum atomic E-state index is -0.993. The lowest BCUT2D eigenvalue weighted by molar-refractivity contribution is 0.0697. The van der Waals surface area contributed by atoms with Gasteiger partial charge < -0.3 is 5.11 Å². The zero-order valence-electron chi connectivity index (χ0n) is 7.76. The molecule has 0 radical (unpaired) electrons. The highest BCUT2D eigenvalue weighted by atomic mass is 35.5. The number of alkyl halides is 1. The van der Waals surface area contributed by atoms with Crippen molar-refractivity contribution in [3.63, 3.8) is 0 Å². The molecule has 0 bridgehead atoms. The summed E-state index contributed by atoms with van der Waals surface area (Å²) in [6, 6.07) is 4.42. The van der Waals surface area contributed by atoms with Crippen LogP contribution in [0.1, 0.15) is 22.3 Å². The number of carboxylic acid groups (broad SMARTS) is 1. The Kier molecular flexibility index (Phi) is 4.48. The number of benzene rings is 1. The van der Waals surface area contributed by atoms with Crippen LogP contribution < -0.4 is 0 Å². The van der Waals surface area contributed by atoms with E-state index in [1.54, 1.807) is 0 Å². The van der Waals surface area contributed by atoms with Crippen molar-refractivity contribution in [1.82, 2.24) is 0 Å². The van der Waals surface area contributed by atoms with Gasteiger partial charge in [0.25, 0.3) is 0 Å². The van der Waals surface area contributed by atoms with E-state index in [1.165, 1.54) is 18.2 Å². The summed E-state index contributed by atoms with van der Waals surface area (Å²) in [5.74, 6) is 5.03. The number of hydrogen-bond acceptors (Lipinski definition) is 1. The molecule has 0 aromatic heterocycles. The van der Waals surface area contributed by atoms with Gasteiger partial charge in [0.2, 0.25) is 0 Å². The molecule has 0 aliphatic carbocycles. The molecule has 0 aliphatic rings. The second-order valence-corrected chi connectivity index (χ2v) is 3.53. The molecule has 0 spiro atoms. The van der Waals surface area contributed by atoms with Crippen LogP contribution in [-0.2, 0) is 0 Å². The Morgan fingerprint density at radius 2 is 2.20 bits per heavy atom. The molecule has 78 valence electrons. The highest BCUT2D eigenvalue weighted by molar-refractivity contribution is 6.31. The van der Waals surface area contributed by atoms with E-state index in [0.717, 1.165) is 0 Å². The monoisotopic (exact) mass is 242 g/mol. The Balaban J connectivity index is 3.02. The number of carboxylic acids is 1.